The summed E-state index contributed by atoms with van der Waals surface area (Å²) in [5.41, 5.74) is 26.6. The Morgan fingerprint density at radius 3 is 1.43 bits per heavy atom. The number of benzene rings is 11. The van der Waals surface area contributed by atoms with Crippen LogP contribution in [0.2, 0.25) is 0 Å². The van der Waals surface area contributed by atoms with Gasteiger partial charge in [-0.2, -0.15) is 0 Å². The van der Waals surface area contributed by atoms with Crippen LogP contribution in [0, 0.1) is 0 Å². The van der Waals surface area contributed by atoms with Crippen LogP contribution in [0.25, 0.3) is 72.0 Å². The summed E-state index contributed by atoms with van der Waals surface area (Å²) in [7, 11) is 0. The second-order valence-corrected chi connectivity index (χ2v) is 22.3. The molecule has 12 aromatic rings. The van der Waals surface area contributed by atoms with Gasteiger partial charge in [0.05, 0.1) is 27.8 Å². The number of hydrogen-bond acceptors (Lipinski definition) is 2. The number of hydrogen-bond donors (Lipinski definition) is 0. The van der Waals surface area contributed by atoms with Crippen molar-refractivity contribution in [1.82, 2.24) is 4.57 Å². The largest absolute Gasteiger partial charge is 0.457 e. The van der Waals surface area contributed by atoms with E-state index in [0.29, 0.717) is 0 Å². The lowest BCUT2D eigenvalue weighted by Gasteiger charge is -2.39. The molecule has 0 fully saturated rings. The molecule has 1 aliphatic heterocycles. The average Bonchev–Trinajstić information content (AvgIpc) is 4.25. The van der Waals surface area contributed by atoms with Crippen molar-refractivity contribution in [1.29, 1.82) is 0 Å². The van der Waals surface area contributed by atoms with Gasteiger partial charge in [-0.3, -0.25) is 0 Å². The number of nitrogens with zero attached hydrogens (tertiary/aromatic N) is 2. The summed E-state index contributed by atoms with van der Waals surface area (Å²) in [6.07, 6.45) is 0. The number of ether oxygens (including phenoxy) is 1. The molecule has 4 aliphatic rings. The SMILES string of the molecule is CC1(C)c2ccccc2-c2c(N(c3ccc(-c4ccc5c(c4)c4cc6c(cc4n5-c4ccccc4)C4(c5ccccc5Oc5ccccc54)c4ccccc4-6)cc3)c3cccc4c3-c3ccccc3C4(C)C)cccc21. The Morgan fingerprint density at radius 2 is 0.829 bits per heavy atom. The van der Waals surface area contributed by atoms with Gasteiger partial charge in [0, 0.05) is 55.2 Å². The Kier molecular flexibility index (Phi) is 8.79. The molecule has 2 heterocycles. The van der Waals surface area contributed by atoms with Gasteiger partial charge in [0.15, 0.2) is 0 Å². The van der Waals surface area contributed by atoms with Crippen LogP contribution in [0.4, 0.5) is 17.1 Å². The van der Waals surface area contributed by atoms with Crippen LogP contribution in [-0.4, -0.2) is 4.57 Å². The number of rotatable bonds is 5. The summed E-state index contributed by atoms with van der Waals surface area (Å²) < 4.78 is 9.18. The van der Waals surface area contributed by atoms with Crippen molar-refractivity contribution < 1.29 is 4.74 Å². The molecule has 1 spiro atoms. The molecule has 3 aliphatic carbocycles. The zero-order valence-electron chi connectivity index (χ0n) is 42.9. The van der Waals surface area contributed by atoms with Gasteiger partial charge >= 0.3 is 0 Å². The third kappa shape index (κ3) is 5.62. The van der Waals surface area contributed by atoms with Crippen molar-refractivity contribution in [2.24, 2.45) is 0 Å². The van der Waals surface area contributed by atoms with Gasteiger partial charge in [-0.25, -0.2) is 0 Å². The average molecular weight is 973 g/mol. The van der Waals surface area contributed by atoms with Crippen LogP contribution in [-0.2, 0) is 16.2 Å². The van der Waals surface area contributed by atoms with Crippen LogP contribution < -0.4 is 9.64 Å². The van der Waals surface area contributed by atoms with E-state index in [1.165, 1.54) is 122 Å². The minimum absolute atomic E-state index is 0.139. The quantitative estimate of drug-likeness (QED) is 0.171. The van der Waals surface area contributed by atoms with Gasteiger partial charge in [-0.1, -0.05) is 198 Å². The summed E-state index contributed by atoms with van der Waals surface area (Å²) >= 11 is 0. The number of aromatic nitrogens is 1. The third-order valence-electron chi connectivity index (χ3n) is 17.9. The first kappa shape index (κ1) is 43.2. The van der Waals surface area contributed by atoms with Crippen LogP contribution in [0.3, 0.4) is 0 Å². The Morgan fingerprint density at radius 1 is 0.342 bits per heavy atom. The number of anilines is 3. The van der Waals surface area contributed by atoms with Gasteiger partial charge in [-0.05, 0) is 140 Å². The topological polar surface area (TPSA) is 17.4 Å². The molecule has 11 aromatic carbocycles. The molecule has 76 heavy (non-hydrogen) atoms. The maximum atomic E-state index is 6.71. The summed E-state index contributed by atoms with van der Waals surface area (Å²) in [5, 5.41) is 2.45. The van der Waals surface area contributed by atoms with E-state index in [0.717, 1.165) is 22.9 Å². The van der Waals surface area contributed by atoms with E-state index in [-0.39, 0.29) is 10.8 Å². The zero-order valence-corrected chi connectivity index (χ0v) is 42.9. The van der Waals surface area contributed by atoms with Crippen molar-refractivity contribution in [2.75, 3.05) is 4.90 Å². The Balaban J connectivity index is 0.897. The molecule has 0 radical (unpaired) electrons. The van der Waals surface area contributed by atoms with Crippen LogP contribution in [0.5, 0.6) is 11.5 Å². The first-order chi connectivity index (χ1) is 37.2. The highest BCUT2D eigenvalue weighted by Crippen LogP contribution is 2.63. The van der Waals surface area contributed by atoms with E-state index in [1.54, 1.807) is 0 Å². The summed E-state index contributed by atoms with van der Waals surface area (Å²) in [5.74, 6) is 1.80. The van der Waals surface area contributed by atoms with Gasteiger partial charge in [-0.15, -0.1) is 0 Å². The molecule has 3 nitrogen and oxygen atoms in total. The molecule has 0 bridgehead atoms. The number of fused-ring (bicyclic) bond motifs is 18. The maximum Gasteiger partial charge on any atom is 0.132 e. The predicted molar refractivity (Wildman–Crippen MR) is 313 cm³/mol. The Labute approximate surface area is 443 Å². The van der Waals surface area contributed by atoms with Crippen LogP contribution >= 0.6 is 0 Å². The molecular formula is C73H52N2O. The van der Waals surface area contributed by atoms with Crippen molar-refractivity contribution in [3.63, 3.8) is 0 Å². The summed E-state index contributed by atoms with van der Waals surface area (Å²) in [4.78, 5) is 2.55. The Hall–Kier alpha value is -9.18. The van der Waals surface area contributed by atoms with E-state index in [4.69, 9.17) is 4.74 Å². The van der Waals surface area contributed by atoms with Crippen molar-refractivity contribution >= 4 is 38.9 Å². The van der Waals surface area contributed by atoms with E-state index in [2.05, 4.69) is 280 Å². The molecule has 0 saturated heterocycles. The zero-order chi connectivity index (χ0) is 50.7. The second kappa shape index (κ2) is 15.4. The molecule has 3 heteroatoms. The molecule has 0 saturated carbocycles. The van der Waals surface area contributed by atoms with Gasteiger partial charge in [0.25, 0.3) is 0 Å². The monoisotopic (exact) mass is 972 g/mol. The van der Waals surface area contributed by atoms with E-state index in [9.17, 15) is 0 Å². The van der Waals surface area contributed by atoms with Crippen molar-refractivity contribution in [3.05, 3.63) is 287 Å². The lowest BCUT2D eigenvalue weighted by atomic mass is 9.66. The highest BCUT2D eigenvalue weighted by atomic mass is 16.5. The fourth-order valence-corrected chi connectivity index (χ4v) is 14.5. The van der Waals surface area contributed by atoms with Gasteiger partial charge < -0.3 is 14.2 Å². The van der Waals surface area contributed by atoms with E-state index in [1.807, 2.05) is 0 Å². The molecule has 360 valence electrons. The first-order valence-electron chi connectivity index (χ1n) is 26.7. The maximum absolute atomic E-state index is 6.71. The molecule has 0 atom stereocenters. The highest BCUT2D eigenvalue weighted by molar-refractivity contribution is 6.13. The van der Waals surface area contributed by atoms with Crippen molar-refractivity contribution in [3.8, 4) is 61.7 Å². The van der Waals surface area contributed by atoms with Crippen LogP contribution in [0.1, 0.15) is 72.2 Å². The van der Waals surface area contributed by atoms with Crippen LogP contribution in [0.15, 0.2) is 243 Å². The fraction of sp³-hybridized carbons (Fsp3) is 0.0959. The first-order valence-corrected chi connectivity index (χ1v) is 26.7. The second-order valence-electron chi connectivity index (χ2n) is 22.3. The number of para-hydroxylation sites is 3. The molecule has 16 rings (SSSR count). The molecular weight excluding hydrogens is 921 g/mol. The predicted octanol–water partition coefficient (Wildman–Crippen LogP) is 19.0. The standard InChI is InChI=1S/C73H52N2O/c1-71(2)55-25-11-9-23-50(55)69-60(71)30-18-32-64(69)75(65-33-19-31-61-70(65)51-24-10-12-26-56(51)72(61,3)4)48-39-36-45(37-40-48)46-38-41-63-53(42-46)54-43-52-49-22-8-13-27-57(49)73(62(52)44-66(54)74(63)47-20-6-5-7-21-47)58-28-14-16-34-67(58)76-68-35-17-15-29-59(68)73/h5-44H,1-4H3. The van der Waals surface area contributed by atoms with E-state index < -0.39 is 5.41 Å². The molecule has 0 N–H and O–H groups in total. The summed E-state index contributed by atoms with van der Waals surface area (Å²) in [6.45, 7) is 9.50. The minimum atomic E-state index is -0.566. The summed E-state index contributed by atoms with van der Waals surface area (Å²) in [6, 6.07) is 90.5. The van der Waals surface area contributed by atoms with Gasteiger partial charge in [0.2, 0.25) is 0 Å². The van der Waals surface area contributed by atoms with Gasteiger partial charge in [0.1, 0.15) is 11.5 Å². The minimum Gasteiger partial charge on any atom is -0.457 e. The van der Waals surface area contributed by atoms with Crippen molar-refractivity contribution in [2.45, 2.75) is 43.9 Å². The van der Waals surface area contributed by atoms with E-state index >= 15 is 0 Å². The fourth-order valence-electron chi connectivity index (χ4n) is 14.5. The Bertz CT molecular complexity index is 4290. The highest BCUT2D eigenvalue weighted by Gasteiger charge is 2.51. The normalized spacial score (nSPS) is 15.0. The lowest BCUT2D eigenvalue weighted by Crippen LogP contribution is -2.32. The third-order valence-corrected chi connectivity index (χ3v) is 17.9. The lowest BCUT2D eigenvalue weighted by molar-refractivity contribution is 0.436. The smallest absolute Gasteiger partial charge is 0.132 e. The molecule has 1 aromatic heterocycles. The molecule has 0 unspecified atom stereocenters. The molecule has 0 amide bonds.